The normalized spacial score (nSPS) is 12.7. The van der Waals surface area contributed by atoms with Gasteiger partial charge in [0, 0.05) is 39.7 Å². The molecule has 1 atom stereocenters. The number of hydrogen-bond donors (Lipinski definition) is 6. The van der Waals surface area contributed by atoms with E-state index in [1.54, 1.807) is 24.4 Å². The van der Waals surface area contributed by atoms with Crippen molar-refractivity contribution in [1.82, 2.24) is 14.9 Å². The van der Waals surface area contributed by atoms with Gasteiger partial charge in [-0.1, -0.05) is 54.9 Å². The summed E-state index contributed by atoms with van der Waals surface area (Å²) in [7, 11) is 1.53. The van der Waals surface area contributed by atoms with Crippen molar-refractivity contribution in [1.29, 1.82) is 5.41 Å². The van der Waals surface area contributed by atoms with Gasteiger partial charge in [-0.25, -0.2) is 18.6 Å². The Morgan fingerprint density at radius 3 is 2.41 bits per heavy atom. The van der Waals surface area contributed by atoms with Gasteiger partial charge >= 0.3 is 5.97 Å². The van der Waals surface area contributed by atoms with Crippen LogP contribution in [0, 0.1) is 17.0 Å². The molecule has 11 nitrogen and oxygen atoms in total. The maximum Gasteiger partial charge on any atom is 0.333 e. The minimum atomic E-state index is -2.34. The lowest BCUT2D eigenvalue weighted by molar-refractivity contribution is -0.147. The van der Waals surface area contributed by atoms with Gasteiger partial charge in [0.25, 0.3) is 5.91 Å². The monoisotopic (exact) mass is 733 g/mol. The number of ether oxygens (including phenoxy) is 1. The van der Waals surface area contributed by atoms with Crippen LogP contribution in [0.5, 0.6) is 5.75 Å². The van der Waals surface area contributed by atoms with Crippen LogP contribution in [0.1, 0.15) is 43.5 Å². The molecule has 16 heteroatoms. The number of hydrogen-bond acceptors (Lipinski definition) is 7. The van der Waals surface area contributed by atoms with Gasteiger partial charge in [0.2, 0.25) is 0 Å². The molecular weight excluding hydrogens is 699 g/mol. The van der Waals surface area contributed by atoms with Crippen LogP contribution in [0.4, 0.5) is 14.5 Å². The number of imidazole rings is 1. The summed E-state index contributed by atoms with van der Waals surface area (Å²) in [6.07, 6.45) is 1.52. The van der Waals surface area contributed by atoms with E-state index in [1.165, 1.54) is 37.1 Å². The molecule has 3 aromatic carbocycles. The number of guanidine groups is 1. The van der Waals surface area contributed by atoms with Crippen LogP contribution >= 0.6 is 35.0 Å². The van der Waals surface area contributed by atoms with Crippen molar-refractivity contribution in [3.8, 4) is 11.4 Å². The van der Waals surface area contributed by atoms with Gasteiger partial charge in [-0.3, -0.25) is 14.8 Å². The molecule has 260 valence electrons. The van der Waals surface area contributed by atoms with Crippen molar-refractivity contribution in [3.63, 3.8) is 0 Å². The molecule has 4 rings (SSSR count). The van der Waals surface area contributed by atoms with E-state index in [0.717, 1.165) is 17.3 Å². The van der Waals surface area contributed by atoms with Crippen LogP contribution in [-0.4, -0.2) is 51.7 Å². The quantitative estimate of drug-likeness (QED) is 0.0295. The van der Waals surface area contributed by atoms with Crippen LogP contribution < -0.4 is 26.8 Å². The number of carbonyl (C=O) groups excluding carboxylic acids is 1. The Bertz CT molecular complexity index is 1850. The van der Waals surface area contributed by atoms with Gasteiger partial charge < -0.3 is 31.9 Å². The molecule has 1 amide bonds. The van der Waals surface area contributed by atoms with Crippen LogP contribution in [0.3, 0.4) is 0 Å². The van der Waals surface area contributed by atoms with Crippen LogP contribution in [0.2, 0.25) is 10.0 Å². The van der Waals surface area contributed by atoms with Crippen LogP contribution in [0.15, 0.2) is 66.0 Å². The zero-order valence-electron chi connectivity index (χ0n) is 26.7. The van der Waals surface area contributed by atoms with E-state index in [-0.39, 0.29) is 47.4 Å². The molecule has 0 aliphatic heterocycles. The number of carbonyl (C=O) groups is 2. The molecule has 0 saturated heterocycles. The molecule has 1 heterocycles. The molecule has 0 bridgehead atoms. The minimum Gasteiger partial charge on any atom is -0.495 e. The van der Waals surface area contributed by atoms with Crippen LogP contribution in [-0.2, 0) is 20.8 Å². The lowest BCUT2D eigenvalue weighted by Gasteiger charge is -2.28. The van der Waals surface area contributed by atoms with E-state index in [1.807, 2.05) is 30.5 Å². The summed E-state index contributed by atoms with van der Waals surface area (Å²) in [4.78, 5) is 29.5. The number of nitrogens with zero attached hydrogens (tertiary/aromatic N) is 2. The first-order valence-corrected chi connectivity index (χ1v) is 16.5. The summed E-state index contributed by atoms with van der Waals surface area (Å²) in [5.41, 5.74) is 10.4. The molecule has 0 aliphatic rings. The smallest absolute Gasteiger partial charge is 0.333 e. The minimum absolute atomic E-state index is 0.0187. The number of nitrogens with one attached hydrogen (secondary N) is 3. The fourth-order valence-corrected chi connectivity index (χ4v) is 6.59. The Hall–Kier alpha value is -4.37. The molecule has 0 spiro atoms. The van der Waals surface area contributed by atoms with Crippen molar-refractivity contribution < 1.29 is 28.2 Å². The first-order valence-electron chi connectivity index (χ1n) is 14.8. The van der Waals surface area contributed by atoms with E-state index in [4.69, 9.17) is 44.8 Å². The van der Waals surface area contributed by atoms with E-state index in [0.29, 0.717) is 21.6 Å². The third-order valence-electron chi connectivity index (χ3n) is 7.92. The van der Waals surface area contributed by atoms with E-state index in [9.17, 15) is 19.1 Å². The second kappa shape index (κ2) is 15.5. The van der Waals surface area contributed by atoms with Gasteiger partial charge in [-0.15, -0.1) is 0 Å². The molecular formula is C33H35Cl2F2N7O4S. The molecule has 0 unspecified atom stereocenters. The maximum atomic E-state index is 15.5. The lowest BCUT2D eigenvalue weighted by Crippen LogP contribution is -2.57. The molecule has 0 fully saturated rings. The van der Waals surface area contributed by atoms with Gasteiger partial charge in [0.15, 0.2) is 16.7 Å². The maximum absolute atomic E-state index is 15.5. The third-order valence-corrected chi connectivity index (χ3v) is 9.55. The highest BCUT2D eigenvalue weighted by atomic mass is 35.5. The highest BCUT2D eigenvalue weighted by molar-refractivity contribution is 7.98. The predicted molar refractivity (Wildman–Crippen MR) is 187 cm³/mol. The number of halogens is 4. The molecule has 49 heavy (non-hydrogen) atoms. The van der Waals surface area contributed by atoms with Gasteiger partial charge in [0.05, 0.1) is 24.0 Å². The number of thioether (sulfide) groups is 1. The number of amides is 1. The van der Waals surface area contributed by atoms with E-state index >= 15 is 4.39 Å². The Morgan fingerprint density at radius 1 is 1.10 bits per heavy atom. The highest BCUT2D eigenvalue weighted by Crippen LogP contribution is 2.40. The SMILES string of the molecule is COc1cc(C(C)(C)c2cnc(SCc3c(F)cc(NC(=O)[C@](N)(CCCNC(=N)N)C(=O)O)cc3Cl)n2-c2ccc(F)cc2)ccc1Cl. The molecule has 1 aromatic heterocycles. The zero-order chi connectivity index (χ0) is 36.1. The van der Waals surface area contributed by atoms with Crippen molar-refractivity contribution in [2.24, 2.45) is 11.5 Å². The summed E-state index contributed by atoms with van der Waals surface area (Å²) in [6, 6.07) is 13.7. The average Bonchev–Trinajstić information content (AvgIpc) is 3.47. The molecule has 0 aliphatic carbocycles. The molecule has 4 aromatic rings. The summed E-state index contributed by atoms with van der Waals surface area (Å²) < 4.78 is 36.7. The van der Waals surface area contributed by atoms with E-state index in [2.05, 4.69) is 15.6 Å². The predicted octanol–water partition coefficient (Wildman–Crippen LogP) is 6.07. The number of benzene rings is 3. The number of methoxy groups -OCH3 is 1. The second-order valence-electron chi connectivity index (χ2n) is 11.6. The number of anilines is 1. The average molecular weight is 735 g/mol. The number of carboxylic acids is 1. The Labute approximate surface area is 295 Å². The first-order chi connectivity index (χ1) is 23.1. The molecule has 0 radical (unpaired) electrons. The highest BCUT2D eigenvalue weighted by Gasteiger charge is 2.42. The third kappa shape index (κ3) is 8.44. The fraction of sp³-hybridized carbons (Fsp3) is 0.273. The first kappa shape index (κ1) is 37.4. The van der Waals surface area contributed by atoms with Gasteiger partial charge in [-0.05, 0) is 66.9 Å². The molecule has 0 saturated carbocycles. The van der Waals surface area contributed by atoms with Crippen molar-refractivity contribution >= 4 is 58.5 Å². The fourth-order valence-electron chi connectivity index (χ4n) is 5.01. The lowest BCUT2D eigenvalue weighted by atomic mass is 9.81. The summed E-state index contributed by atoms with van der Waals surface area (Å²) in [6.45, 7) is 4.11. The van der Waals surface area contributed by atoms with Crippen LogP contribution in [0.25, 0.3) is 5.69 Å². The molecule has 8 N–H and O–H groups in total. The number of nitrogens with two attached hydrogens (primary N) is 2. The van der Waals surface area contributed by atoms with Crippen molar-refractivity contribution in [2.45, 2.75) is 48.6 Å². The topological polar surface area (TPSA) is 181 Å². The van der Waals surface area contributed by atoms with Crippen molar-refractivity contribution in [2.75, 3.05) is 19.0 Å². The Kier molecular flexibility index (Phi) is 11.8. The van der Waals surface area contributed by atoms with Gasteiger partial charge in [-0.2, -0.15) is 0 Å². The zero-order valence-corrected chi connectivity index (χ0v) is 29.1. The standard InChI is InChI=1S/C33H35Cl2F2N7O4S/c1-32(2,18-5-10-23(34)26(13-18)48-3)27-16-42-31(44(27)21-8-6-19(36)7-9-21)49-17-22-24(35)14-20(15-25(22)37)43-28(45)33(40,29(46)47)11-4-12-41-30(38)39/h5-10,13-16H,4,11-12,17,40H2,1-3H3,(H,43,45)(H,46,47)(H4,38,39,41)/t33-/m1/s1. The summed E-state index contributed by atoms with van der Waals surface area (Å²) >= 11 is 13.9. The van der Waals surface area contributed by atoms with E-state index < -0.39 is 34.5 Å². The number of aliphatic carboxylic acids is 1. The number of carboxylic acid groups (broad SMARTS) is 1. The Morgan fingerprint density at radius 2 is 1.80 bits per heavy atom. The van der Waals surface area contributed by atoms with Gasteiger partial charge in [0.1, 0.15) is 17.4 Å². The number of aromatic nitrogens is 2. The summed E-state index contributed by atoms with van der Waals surface area (Å²) in [5, 5.41) is 22.6. The Balaban J connectivity index is 1.61. The number of rotatable bonds is 14. The van der Waals surface area contributed by atoms with Crippen molar-refractivity contribution in [3.05, 3.63) is 99.3 Å². The largest absolute Gasteiger partial charge is 0.495 e. The second-order valence-corrected chi connectivity index (χ2v) is 13.4. The summed E-state index contributed by atoms with van der Waals surface area (Å²) in [5.74, 6) is -3.62.